The van der Waals surface area contributed by atoms with Crippen LogP contribution >= 0.6 is 11.3 Å². The highest BCUT2D eigenvalue weighted by molar-refractivity contribution is 7.18. The largest absolute Gasteiger partial charge is 0.341 e. The Bertz CT molecular complexity index is 802. The standard InChI is InChI=1S/C17H21N3O2S/c21-14(19-8-4-1-5-9-19)10-20-11-18-16-15(17(20)22)12-6-2-3-7-13(12)23-16/h11H,1-10H2. The van der Waals surface area contributed by atoms with Crippen molar-refractivity contribution in [2.75, 3.05) is 13.1 Å². The van der Waals surface area contributed by atoms with Gasteiger partial charge in [-0.2, -0.15) is 0 Å². The molecule has 0 N–H and O–H groups in total. The van der Waals surface area contributed by atoms with Gasteiger partial charge >= 0.3 is 0 Å². The van der Waals surface area contributed by atoms with Gasteiger partial charge < -0.3 is 4.90 Å². The summed E-state index contributed by atoms with van der Waals surface area (Å²) in [4.78, 5) is 33.7. The van der Waals surface area contributed by atoms with E-state index in [1.165, 1.54) is 27.8 Å². The van der Waals surface area contributed by atoms with Gasteiger partial charge in [-0.25, -0.2) is 4.98 Å². The van der Waals surface area contributed by atoms with Gasteiger partial charge in [-0.1, -0.05) is 0 Å². The van der Waals surface area contributed by atoms with Crippen molar-refractivity contribution < 1.29 is 4.79 Å². The second kappa shape index (κ2) is 6.07. The quantitative estimate of drug-likeness (QED) is 0.849. The number of thiophene rings is 1. The number of aryl methyl sites for hydroxylation is 2. The van der Waals surface area contributed by atoms with Crippen LogP contribution < -0.4 is 5.56 Å². The minimum absolute atomic E-state index is 0.0389. The summed E-state index contributed by atoms with van der Waals surface area (Å²) in [6, 6.07) is 0. The van der Waals surface area contributed by atoms with Crippen LogP contribution in [0.3, 0.4) is 0 Å². The third-order valence-corrected chi connectivity index (χ3v) is 6.16. The van der Waals surface area contributed by atoms with Crippen molar-refractivity contribution in [3.63, 3.8) is 0 Å². The lowest BCUT2D eigenvalue weighted by Crippen LogP contribution is -2.39. The van der Waals surface area contributed by atoms with E-state index in [1.807, 2.05) is 4.90 Å². The molecule has 2 aromatic heterocycles. The first kappa shape index (κ1) is 14.9. The van der Waals surface area contributed by atoms with Gasteiger partial charge in [-0.3, -0.25) is 14.2 Å². The molecule has 0 aromatic carbocycles. The Morgan fingerprint density at radius 2 is 1.91 bits per heavy atom. The number of hydrogen-bond donors (Lipinski definition) is 0. The number of rotatable bonds is 2. The fourth-order valence-corrected chi connectivity index (χ4v) is 4.90. The van der Waals surface area contributed by atoms with E-state index in [-0.39, 0.29) is 18.0 Å². The predicted molar refractivity (Wildman–Crippen MR) is 91.0 cm³/mol. The zero-order valence-electron chi connectivity index (χ0n) is 13.2. The van der Waals surface area contributed by atoms with Gasteiger partial charge in [0.15, 0.2) is 0 Å². The number of aromatic nitrogens is 2. The average Bonchev–Trinajstić information content (AvgIpc) is 2.97. The van der Waals surface area contributed by atoms with Gasteiger partial charge in [0.2, 0.25) is 5.91 Å². The Balaban J connectivity index is 1.66. The third kappa shape index (κ3) is 2.69. The van der Waals surface area contributed by atoms with E-state index in [0.717, 1.165) is 55.4 Å². The predicted octanol–water partition coefficient (Wildman–Crippen LogP) is 2.35. The third-order valence-electron chi connectivity index (χ3n) is 4.96. The van der Waals surface area contributed by atoms with E-state index in [2.05, 4.69) is 4.98 Å². The Hall–Kier alpha value is -1.69. The van der Waals surface area contributed by atoms with E-state index in [9.17, 15) is 9.59 Å². The maximum atomic E-state index is 12.8. The molecule has 5 nitrogen and oxygen atoms in total. The fourth-order valence-electron chi connectivity index (χ4n) is 3.68. The molecule has 1 aliphatic carbocycles. The summed E-state index contributed by atoms with van der Waals surface area (Å²) in [6.45, 7) is 1.75. The van der Waals surface area contributed by atoms with Crippen LogP contribution in [0.5, 0.6) is 0 Å². The van der Waals surface area contributed by atoms with Crippen LogP contribution in [0.25, 0.3) is 10.2 Å². The van der Waals surface area contributed by atoms with Crippen molar-refractivity contribution in [2.45, 2.75) is 51.5 Å². The molecule has 6 heteroatoms. The number of nitrogens with zero attached hydrogens (tertiary/aromatic N) is 3. The van der Waals surface area contributed by atoms with Gasteiger partial charge in [0.25, 0.3) is 5.56 Å². The topological polar surface area (TPSA) is 55.2 Å². The Kier molecular flexibility index (Phi) is 3.93. The Morgan fingerprint density at radius 1 is 1.13 bits per heavy atom. The second-order valence-corrected chi connectivity index (χ2v) is 7.59. The number of carbonyl (C=O) groups is 1. The monoisotopic (exact) mass is 331 g/mol. The molecule has 2 aromatic rings. The highest BCUT2D eigenvalue weighted by Gasteiger charge is 2.22. The first-order valence-electron chi connectivity index (χ1n) is 8.51. The highest BCUT2D eigenvalue weighted by Crippen LogP contribution is 2.33. The summed E-state index contributed by atoms with van der Waals surface area (Å²) in [6.07, 6.45) is 9.23. The number of amides is 1. The lowest BCUT2D eigenvalue weighted by atomic mass is 9.97. The van der Waals surface area contributed by atoms with E-state index < -0.39 is 0 Å². The van der Waals surface area contributed by atoms with E-state index >= 15 is 0 Å². The van der Waals surface area contributed by atoms with Gasteiger partial charge in [0.05, 0.1) is 11.7 Å². The van der Waals surface area contributed by atoms with Crippen molar-refractivity contribution >= 4 is 27.5 Å². The lowest BCUT2D eigenvalue weighted by Gasteiger charge is -2.26. The summed E-state index contributed by atoms with van der Waals surface area (Å²) >= 11 is 1.65. The molecule has 0 radical (unpaired) electrons. The van der Waals surface area contributed by atoms with Gasteiger partial charge in [0.1, 0.15) is 11.4 Å². The number of fused-ring (bicyclic) bond motifs is 3. The summed E-state index contributed by atoms with van der Waals surface area (Å²) in [5, 5.41) is 0.763. The molecule has 3 heterocycles. The molecule has 0 spiro atoms. The average molecular weight is 331 g/mol. The van der Waals surface area contributed by atoms with Crippen molar-refractivity contribution in [3.8, 4) is 0 Å². The molecule has 23 heavy (non-hydrogen) atoms. The molecular formula is C17H21N3O2S. The molecule has 0 bridgehead atoms. The van der Waals surface area contributed by atoms with Crippen LogP contribution in [0.2, 0.25) is 0 Å². The molecule has 4 rings (SSSR count). The molecule has 1 aliphatic heterocycles. The van der Waals surface area contributed by atoms with Crippen molar-refractivity contribution in [3.05, 3.63) is 27.1 Å². The van der Waals surface area contributed by atoms with Crippen LogP contribution in [0.1, 0.15) is 42.5 Å². The zero-order chi connectivity index (χ0) is 15.8. The first-order valence-corrected chi connectivity index (χ1v) is 9.33. The van der Waals surface area contributed by atoms with E-state index in [1.54, 1.807) is 17.7 Å². The molecule has 0 unspecified atom stereocenters. The highest BCUT2D eigenvalue weighted by atomic mass is 32.1. The Labute approximate surface area is 138 Å². The minimum atomic E-state index is -0.0419. The normalized spacial score (nSPS) is 18.2. The fraction of sp³-hybridized carbons (Fsp3) is 0.588. The lowest BCUT2D eigenvalue weighted by molar-refractivity contribution is -0.132. The van der Waals surface area contributed by atoms with Crippen molar-refractivity contribution in [1.82, 2.24) is 14.5 Å². The van der Waals surface area contributed by atoms with Crippen LogP contribution in [-0.2, 0) is 24.2 Å². The van der Waals surface area contributed by atoms with E-state index in [0.29, 0.717) is 0 Å². The van der Waals surface area contributed by atoms with Crippen LogP contribution in [0.15, 0.2) is 11.1 Å². The number of carbonyl (C=O) groups excluding carboxylic acids is 1. The molecule has 0 atom stereocenters. The molecule has 0 saturated carbocycles. The molecular weight excluding hydrogens is 310 g/mol. The summed E-state index contributed by atoms with van der Waals surface area (Å²) < 4.78 is 1.50. The van der Waals surface area contributed by atoms with Crippen molar-refractivity contribution in [1.29, 1.82) is 0 Å². The SMILES string of the molecule is O=C(Cn1cnc2sc3c(c2c1=O)CCCC3)N1CCCCC1. The van der Waals surface area contributed by atoms with Crippen LogP contribution in [-0.4, -0.2) is 33.4 Å². The summed E-state index contributed by atoms with van der Waals surface area (Å²) in [7, 11) is 0. The first-order chi connectivity index (χ1) is 11.2. The maximum Gasteiger partial charge on any atom is 0.262 e. The smallest absolute Gasteiger partial charge is 0.262 e. The maximum absolute atomic E-state index is 12.8. The Morgan fingerprint density at radius 3 is 2.74 bits per heavy atom. The van der Waals surface area contributed by atoms with E-state index in [4.69, 9.17) is 0 Å². The minimum Gasteiger partial charge on any atom is -0.341 e. The molecule has 2 aliphatic rings. The second-order valence-electron chi connectivity index (χ2n) is 6.51. The van der Waals surface area contributed by atoms with Gasteiger partial charge in [0, 0.05) is 18.0 Å². The summed E-state index contributed by atoms with van der Waals surface area (Å²) in [5.41, 5.74) is 1.15. The molecule has 1 amide bonds. The molecule has 1 saturated heterocycles. The van der Waals surface area contributed by atoms with Gasteiger partial charge in [-0.05, 0) is 50.5 Å². The zero-order valence-corrected chi connectivity index (χ0v) is 14.0. The summed E-state index contributed by atoms with van der Waals surface area (Å²) in [5.74, 6) is 0.0389. The van der Waals surface area contributed by atoms with Crippen molar-refractivity contribution in [2.24, 2.45) is 0 Å². The number of piperidine rings is 1. The van der Waals surface area contributed by atoms with Crippen LogP contribution in [0, 0.1) is 0 Å². The number of likely N-dealkylation sites (tertiary alicyclic amines) is 1. The van der Waals surface area contributed by atoms with Gasteiger partial charge in [-0.15, -0.1) is 11.3 Å². The van der Waals surface area contributed by atoms with Crippen LogP contribution in [0.4, 0.5) is 0 Å². The molecule has 1 fully saturated rings. The molecule has 122 valence electrons. The number of hydrogen-bond acceptors (Lipinski definition) is 4.